The second kappa shape index (κ2) is 10.3. The first-order chi connectivity index (χ1) is 17.1. The minimum Gasteiger partial charge on any atom is -0.378 e. The van der Waals surface area contributed by atoms with Crippen molar-refractivity contribution in [3.63, 3.8) is 0 Å². The molecule has 0 saturated carbocycles. The first-order valence-corrected chi connectivity index (χ1v) is 13.6. The van der Waals surface area contributed by atoms with E-state index in [-0.39, 0.29) is 23.2 Å². The molecule has 1 amide bonds. The highest BCUT2D eigenvalue weighted by molar-refractivity contribution is 7.91. The van der Waals surface area contributed by atoms with E-state index in [0.717, 1.165) is 18.5 Å². The Kier molecular flexibility index (Phi) is 7.51. The van der Waals surface area contributed by atoms with E-state index in [0.29, 0.717) is 49.8 Å². The van der Waals surface area contributed by atoms with Crippen LogP contribution in [0.1, 0.15) is 31.0 Å². The van der Waals surface area contributed by atoms with Gasteiger partial charge in [0.05, 0.1) is 41.2 Å². The largest absolute Gasteiger partial charge is 0.416 e. The summed E-state index contributed by atoms with van der Waals surface area (Å²) in [5.74, 6) is -0.0709. The number of amides is 1. The Labute approximate surface area is 209 Å². The van der Waals surface area contributed by atoms with Gasteiger partial charge < -0.3 is 19.4 Å². The summed E-state index contributed by atoms with van der Waals surface area (Å²) in [6, 6.07) is 9.44. The molecule has 11 heteroatoms. The van der Waals surface area contributed by atoms with Crippen LogP contribution in [-0.2, 0) is 25.5 Å². The maximum Gasteiger partial charge on any atom is 0.416 e. The van der Waals surface area contributed by atoms with Gasteiger partial charge in [-0.15, -0.1) is 0 Å². The molecule has 2 fully saturated rings. The number of carbonyl (C=O) groups excluding carboxylic acids is 1. The number of ether oxygens (including phenoxy) is 1. The third-order valence-corrected chi connectivity index (χ3v) is 8.64. The summed E-state index contributed by atoms with van der Waals surface area (Å²) in [5.41, 5.74) is 1.12. The molecule has 0 bridgehead atoms. The van der Waals surface area contributed by atoms with Crippen LogP contribution in [0.25, 0.3) is 0 Å². The zero-order chi connectivity index (χ0) is 26.1. The molecule has 2 heterocycles. The summed E-state index contributed by atoms with van der Waals surface area (Å²) in [6.45, 7) is 6.02. The van der Waals surface area contributed by atoms with Crippen LogP contribution in [0.4, 0.5) is 24.5 Å². The van der Waals surface area contributed by atoms with Crippen LogP contribution < -0.4 is 9.80 Å². The topological polar surface area (TPSA) is 70.2 Å². The number of nitrogens with zero attached hydrogens (tertiary/aromatic N) is 3. The van der Waals surface area contributed by atoms with Gasteiger partial charge in [0.1, 0.15) is 0 Å². The van der Waals surface area contributed by atoms with Crippen molar-refractivity contribution in [2.24, 2.45) is 0 Å². The van der Waals surface area contributed by atoms with Crippen molar-refractivity contribution >= 4 is 27.6 Å². The van der Waals surface area contributed by atoms with Crippen molar-refractivity contribution in [3.05, 3.63) is 53.6 Å². The highest BCUT2D eigenvalue weighted by Gasteiger charge is 2.37. The van der Waals surface area contributed by atoms with Crippen molar-refractivity contribution in [2.45, 2.75) is 37.0 Å². The zero-order valence-corrected chi connectivity index (χ0v) is 21.1. The SMILES string of the molecule is CCS(=O)(=O)c1cccc(C2CN(C=O)C(C)CN2c2ccc(C(F)(F)F)cc2)c1N1CCOCC1. The average molecular weight is 526 g/mol. The highest BCUT2D eigenvalue weighted by atomic mass is 32.2. The summed E-state index contributed by atoms with van der Waals surface area (Å²) in [6.07, 6.45) is -3.68. The first-order valence-electron chi connectivity index (χ1n) is 11.9. The molecule has 0 aromatic heterocycles. The molecule has 36 heavy (non-hydrogen) atoms. The lowest BCUT2D eigenvalue weighted by Crippen LogP contribution is -2.53. The quantitative estimate of drug-likeness (QED) is 0.536. The fourth-order valence-electron chi connectivity index (χ4n) is 4.88. The molecule has 0 aliphatic carbocycles. The normalized spacial score (nSPS) is 21.5. The molecule has 2 atom stereocenters. The Hall–Kier alpha value is -2.79. The van der Waals surface area contributed by atoms with Crippen molar-refractivity contribution < 1.29 is 31.1 Å². The molecule has 7 nitrogen and oxygen atoms in total. The lowest BCUT2D eigenvalue weighted by molar-refractivity contribution is -0.137. The van der Waals surface area contributed by atoms with Gasteiger partial charge in [-0.1, -0.05) is 19.1 Å². The lowest BCUT2D eigenvalue weighted by atomic mass is 9.96. The van der Waals surface area contributed by atoms with Crippen LogP contribution >= 0.6 is 0 Å². The lowest BCUT2D eigenvalue weighted by Gasteiger charge is -2.46. The van der Waals surface area contributed by atoms with E-state index in [1.807, 2.05) is 22.8 Å². The van der Waals surface area contributed by atoms with E-state index >= 15 is 0 Å². The second-order valence-electron chi connectivity index (χ2n) is 9.06. The van der Waals surface area contributed by atoms with E-state index in [1.165, 1.54) is 12.1 Å². The minimum absolute atomic E-state index is 0.0709. The van der Waals surface area contributed by atoms with E-state index in [9.17, 15) is 26.4 Å². The van der Waals surface area contributed by atoms with Gasteiger partial charge in [0.2, 0.25) is 6.41 Å². The molecular weight excluding hydrogens is 495 g/mol. The number of benzene rings is 2. The van der Waals surface area contributed by atoms with Gasteiger partial charge in [-0.05, 0) is 37.3 Å². The fourth-order valence-corrected chi connectivity index (χ4v) is 6.01. The number of sulfone groups is 1. The van der Waals surface area contributed by atoms with Gasteiger partial charge in [-0.2, -0.15) is 13.2 Å². The number of carbonyl (C=O) groups is 1. The molecule has 2 aliphatic rings. The van der Waals surface area contributed by atoms with E-state index in [4.69, 9.17) is 4.74 Å². The summed E-state index contributed by atoms with van der Waals surface area (Å²) >= 11 is 0. The Balaban J connectivity index is 1.86. The number of piperazine rings is 1. The number of hydrogen-bond donors (Lipinski definition) is 0. The Bertz CT molecular complexity index is 1180. The summed E-state index contributed by atoms with van der Waals surface area (Å²) < 4.78 is 71.2. The van der Waals surface area contributed by atoms with E-state index < -0.39 is 27.6 Å². The van der Waals surface area contributed by atoms with Crippen LogP contribution in [0.3, 0.4) is 0 Å². The summed E-state index contributed by atoms with van der Waals surface area (Å²) in [5, 5.41) is 0. The predicted octanol–water partition coefficient (Wildman–Crippen LogP) is 3.74. The van der Waals surface area contributed by atoms with Crippen molar-refractivity contribution in [3.8, 4) is 0 Å². The van der Waals surface area contributed by atoms with Crippen LogP contribution in [0.15, 0.2) is 47.4 Å². The molecular formula is C25H30F3N3O4S. The van der Waals surface area contributed by atoms with E-state index in [2.05, 4.69) is 0 Å². The summed E-state index contributed by atoms with van der Waals surface area (Å²) in [4.78, 5) is 17.7. The molecule has 2 saturated heterocycles. The maximum absolute atomic E-state index is 13.2. The number of para-hydroxylation sites is 1. The van der Waals surface area contributed by atoms with Crippen LogP contribution in [0.5, 0.6) is 0 Å². The molecule has 0 N–H and O–H groups in total. The third-order valence-electron chi connectivity index (χ3n) is 6.88. The van der Waals surface area contributed by atoms with Crippen LogP contribution in [0.2, 0.25) is 0 Å². The highest BCUT2D eigenvalue weighted by Crippen LogP contribution is 2.41. The van der Waals surface area contributed by atoms with Crippen LogP contribution in [0, 0.1) is 0 Å². The summed E-state index contributed by atoms with van der Waals surface area (Å²) in [7, 11) is -3.58. The van der Waals surface area contributed by atoms with Gasteiger partial charge in [0.25, 0.3) is 0 Å². The van der Waals surface area contributed by atoms with Crippen LogP contribution in [-0.4, -0.2) is 70.9 Å². The predicted molar refractivity (Wildman–Crippen MR) is 131 cm³/mol. The molecule has 4 rings (SSSR count). The van der Waals surface area contributed by atoms with Gasteiger partial charge in [0, 0.05) is 43.5 Å². The van der Waals surface area contributed by atoms with Gasteiger partial charge >= 0.3 is 6.18 Å². The molecule has 0 radical (unpaired) electrons. The minimum atomic E-state index is -4.45. The molecule has 196 valence electrons. The number of halogens is 3. The Morgan fingerprint density at radius 3 is 2.31 bits per heavy atom. The number of rotatable bonds is 6. The third kappa shape index (κ3) is 5.17. The van der Waals surface area contributed by atoms with Crippen molar-refractivity contribution in [1.82, 2.24) is 4.90 Å². The Morgan fingerprint density at radius 1 is 1.06 bits per heavy atom. The standard InChI is InChI=1S/C25H30F3N3O4S/c1-3-36(33,34)23-6-4-5-21(24(23)29-11-13-35-14-12-29)22-16-30(17-32)18(2)15-31(22)20-9-7-19(8-10-20)25(26,27)28/h4-10,17-18,22H,3,11-16H2,1-2H3. The monoisotopic (exact) mass is 525 g/mol. The smallest absolute Gasteiger partial charge is 0.378 e. The van der Waals surface area contributed by atoms with Gasteiger partial charge in [0.15, 0.2) is 9.84 Å². The van der Waals surface area contributed by atoms with E-state index in [1.54, 1.807) is 24.0 Å². The maximum atomic E-state index is 13.2. The average Bonchev–Trinajstić information content (AvgIpc) is 2.88. The number of anilines is 2. The first kappa shape index (κ1) is 26.3. The molecule has 2 aromatic carbocycles. The number of morpholine rings is 1. The zero-order valence-electron chi connectivity index (χ0n) is 20.2. The second-order valence-corrected chi connectivity index (χ2v) is 11.3. The number of alkyl halides is 3. The fraction of sp³-hybridized carbons (Fsp3) is 0.480. The van der Waals surface area contributed by atoms with Gasteiger partial charge in [-0.3, -0.25) is 4.79 Å². The number of hydrogen-bond acceptors (Lipinski definition) is 6. The van der Waals surface area contributed by atoms with Crippen molar-refractivity contribution in [2.75, 3.05) is 54.9 Å². The molecule has 2 aromatic rings. The van der Waals surface area contributed by atoms with Gasteiger partial charge in [-0.25, -0.2) is 8.42 Å². The van der Waals surface area contributed by atoms with Crippen molar-refractivity contribution in [1.29, 1.82) is 0 Å². The molecule has 2 unspecified atom stereocenters. The molecule has 0 spiro atoms. The molecule has 2 aliphatic heterocycles. The Morgan fingerprint density at radius 2 is 1.72 bits per heavy atom.